The molecule has 1 atom stereocenters. The number of hydrogen-bond acceptors (Lipinski definition) is 5. The lowest BCUT2D eigenvalue weighted by Gasteiger charge is -2.25. The monoisotopic (exact) mass is 465 g/mol. The number of carbonyl (C=O) groups is 1. The van der Waals surface area contributed by atoms with Crippen molar-refractivity contribution in [2.45, 2.75) is 44.6 Å². The zero-order valence-electron chi connectivity index (χ0n) is 19.5. The van der Waals surface area contributed by atoms with E-state index in [2.05, 4.69) is 28.3 Å². The van der Waals surface area contributed by atoms with E-state index >= 15 is 0 Å². The fraction of sp³-hybridized carbons (Fsp3) is 0.276. The molecule has 2 heterocycles. The van der Waals surface area contributed by atoms with Crippen molar-refractivity contribution < 1.29 is 14.1 Å². The molecule has 35 heavy (non-hydrogen) atoms. The first-order valence-electron chi connectivity index (χ1n) is 12.3. The Morgan fingerprint density at radius 3 is 2.63 bits per heavy atom. The molecule has 0 radical (unpaired) electrons. The summed E-state index contributed by atoms with van der Waals surface area (Å²) in [7, 11) is 0. The van der Waals surface area contributed by atoms with Crippen molar-refractivity contribution >= 4 is 11.6 Å². The van der Waals surface area contributed by atoms with Crippen LogP contribution in [-0.2, 0) is 24.2 Å². The highest BCUT2D eigenvalue weighted by Gasteiger charge is 2.36. The fourth-order valence-electron chi connectivity index (χ4n) is 5.08. The molecule has 1 unspecified atom stereocenters. The van der Waals surface area contributed by atoms with E-state index in [1.807, 2.05) is 59.5 Å². The van der Waals surface area contributed by atoms with Gasteiger partial charge in [-0.05, 0) is 72.7 Å². The summed E-state index contributed by atoms with van der Waals surface area (Å²) >= 11 is 0. The number of nitrogens with zero attached hydrogens (tertiary/aromatic N) is 3. The van der Waals surface area contributed by atoms with Gasteiger partial charge >= 0.3 is 0 Å². The zero-order valence-corrected chi connectivity index (χ0v) is 19.5. The molecule has 1 aliphatic carbocycles. The SMILES string of the molecule is O=C1CC(c2nc(-c3ccc(OCc4ccccc4)cc3)no2)CN1c1cccc2c1CCCC2. The van der Waals surface area contributed by atoms with Gasteiger partial charge in [-0.3, -0.25) is 4.79 Å². The molecular weight excluding hydrogens is 438 g/mol. The normalized spacial score (nSPS) is 17.4. The molecule has 1 aromatic heterocycles. The maximum absolute atomic E-state index is 12.9. The Kier molecular flexibility index (Phi) is 5.78. The second kappa shape index (κ2) is 9.37. The van der Waals surface area contributed by atoms with Crippen molar-refractivity contribution in [3.05, 3.63) is 95.4 Å². The van der Waals surface area contributed by atoms with Crippen molar-refractivity contribution in [3.63, 3.8) is 0 Å². The Labute approximate surface area is 204 Å². The number of aryl methyl sites for hydroxylation is 1. The van der Waals surface area contributed by atoms with Crippen LogP contribution in [0.15, 0.2) is 77.3 Å². The number of aromatic nitrogens is 2. The van der Waals surface area contributed by atoms with Gasteiger partial charge in [0.25, 0.3) is 0 Å². The van der Waals surface area contributed by atoms with Gasteiger partial charge < -0.3 is 14.2 Å². The van der Waals surface area contributed by atoms with Crippen LogP contribution in [-0.4, -0.2) is 22.6 Å². The molecule has 0 saturated carbocycles. The number of hydrogen-bond donors (Lipinski definition) is 0. The maximum Gasteiger partial charge on any atom is 0.232 e. The number of anilines is 1. The number of carbonyl (C=O) groups excluding carboxylic acids is 1. The van der Waals surface area contributed by atoms with Gasteiger partial charge in [0.15, 0.2) is 0 Å². The van der Waals surface area contributed by atoms with Crippen LogP contribution >= 0.6 is 0 Å². The zero-order chi connectivity index (χ0) is 23.6. The smallest absolute Gasteiger partial charge is 0.232 e. The van der Waals surface area contributed by atoms with Gasteiger partial charge in [-0.2, -0.15) is 4.98 Å². The second-order valence-electron chi connectivity index (χ2n) is 9.28. The molecule has 0 bridgehead atoms. The average Bonchev–Trinajstić information content (AvgIpc) is 3.55. The predicted molar refractivity (Wildman–Crippen MR) is 133 cm³/mol. The van der Waals surface area contributed by atoms with Crippen LogP contribution in [0, 0.1) is 0 Å². The summed E-state index contributed by atoms with van der Waals surface area (Å²) in [6.07, 6.45) is 4.92. The van der Waals surface area contributed by atoms with Crippen molar-refractivity contribution in [3.8, 4) is 17.1 Å². The molecule has 6 nitrogen and oxygen atoms in total. The minimum absolute atomic E-state index is 0.100. The predicted octanol–water partition coefficient (Wildman–Crippen LogP) is 5.71. The van der Waals surface area contributed by atoms with E-state index in [0.717, 1.165) is 35.4 Å². The lowest BCUT2D eigenvalue weighted by Crippen LogP contribution is -2.26. The van der Waals surface area contributed by atoms with Gasteiger partial charge in [0.05, 0.1) is 5.92 Å². The third kappa shape index (κ3) is 4.44. The molecule has 4 aromatic rings. The lowest BCUT2D eigenvalue weighted by molar-refractivity contribution is -0.117. The van der Waals surface area contributed by atoms with E-state index in [0.29, 0.717) is 31.3 Å². The molecule has 176 valence electrons. The quantitative estimate of drug-likeness (QED) is 0.365. The minimum atomic E-state index is -0.100. The Hall–Kier alpha value is -3.93. The van der Waals surface area contributed by atoms with Crippen LogP contribution in [0.3, 0.4) is 0 Å². The van der Waals surface area contributed by atoms with Crippen molar-refractivity contribution in [1.29, 1.82) is 0 Å². The molecule has 0 N–H and O–H groups in total. The third-order valence-corrected chi connectivity index (χ3v) is 6.94. The molecule has 0 spiro atoms. The van der Waals surface area contributed by atoms with Crippen molar-refractivity contribution in [1.82, 2.24) is 10.1 Å². The van der Waals surface area contributed by atoms with Gasteiger partial charge in [-0.1, -0.05) is 47.6 Å². The van der Waals surface area contributed by atoms with Gasteiger partial charge in [-0.25, -0.2) is 0 Å². The molecule has 3 aromatic carbocycles. The number of amides is 1. The topological polar surface area (TPSA) is 68.5 Å². The summed E-state index contributed by atoms with van der Waals surface area (Å²) < 4.78 is 11.5. The van der Waals surface area contributed by atoms with Gasteiger partial charge in [-0.15, -0.1) is 0 Å². The molecule has 1 amide bonds. The largest absolute Gasteiger partial charge is 0.489 e. The van der Waals surface area contributed by atoms with Crippen LogP contribution in [0.5, 0.6) is 5.75 Å². The van der Waals surface area contributed by atoms with E-state index in [1.54, 1.807) is 0 Å². The Morgan fingerprint density at radius 1 is 0.943 bits per heavy atom. The highest BCUT2D eigenvalue weighted by Crippen LogP contribution is 2.37. The summed E-state index contributed by atoms with van der Waals surface area (Å²) in [5.74, 6) is 1.84. The van der Waals surface area contributed by atoms with Crippen LogP contribution in [0.4, 0.5) is 5.69 Å². The Morgan fingerprint density at radius 2 is 1.77 bits per heavy atom. The van der Waals surface area contributed by atoms with Gasteiger partial charge in [0.2, 0.25) is 17.6 Å². The van der Waals surface area contributed by atoms with E-state index < -0.39 is 0 Å². The summed E-state index contributed by atoms with van der Waals surface area (Å²) in [4.78, 5) is 19.5. The standard InChI is InChI=1S/C29H27N3O3/c33-27-17-23(18-32(27)26-12-6-10-21-9-4-5-11-25(21)26)29-30-28(31-35-29)22-13-15-24(16-14-22)34-19-20-7-2-1-3-8-20/h1-3,6-8,10,12-16,23H,4-5,9,11,17-19H2. The number of rotatable bonds is 6. The summed E-state index contributed by atoms with van der Waals surface area (Å²) in [5.41, 5.74) is 5.73. The summed E-state index contributed by atoms with van der Waals surface area (Å²) in [5, 5.41) is 4.19. The highest BCUT2D eigenvalue weighted by molar-refractivity contribution is 5.97. The van der Waals surface area contributed by atoms with E-state index in [9.17, 15) is 4.79 Å². The molecule has 6 heteroatoms. The Balaban J connectivity index is 1.14. The molecular formula is C29H27N3O3. The van der Waals surface area contributed by atoms with Gasteiger partial charge in [0.1, 0.15) is 12.4 Å². The first-order valence-corrected chi connectivity index (χ1v) is 12.3. The fourth-order valence-corrected chi connectivity index (χ4v) is 5.08. The highest BCUT2D eigenvalue weighted by atomic mass is 16.5. The average molecular weight is 466 g/mol. The van der Waals surface area contributed by atoms with E-state index in [-0.39, 0.29) is 11.8 Å². The van der Waals surface area contributed by atoms with Crippen LogP contribution < -0.4 is 9.64 Å². The number of fused-ring (bicyclic) bond motifs is 1. The number of ether oxygens (including phenoxy) is 1. The van der Waals surface area contributed by atoms with Crippen molar-refractivity contribution in [2.75, 3.05) is 11.4 Å². The first-order chi connectivity index (χ1) is 17.2. The van der Waals surface area contributed by atoms with Gasteiger partial charge in [0, 0.05) is 24.2 Å². The molecule has 1 aliphatic heterocycles. The molecule has 2 aliphatic rings. The molecule has 1 saturated heterocycles. The molecule has 6 rings (SSSR count). The lowest BCUT2D eigenvalue weighted by atomic mass is 9.90. The van der Waals surface area contributed by atoms with Crippen molar-refractivity contribution in [2.24, 2.45) is 0 Å². The van der Waals surface area contributed by atoms with E-state index in [1.165, 1.54) is 24.0 Å². The Bertz CT molecular complexity index is 1330. The number of benzene rings is 3. The second-order valence-corrected chi connectivity index (χ2v) is 9.28. The summed E-state index contributed by atoms with van der Waals surface area (Å²) in [6.45, 7) is 1.09. The maximum atomic E-state index is 12.9. The van der Waals surface area contributed by atoms with Crippen LogP contribution in [0.2, 0.25) is 0 Å². The first kappa shape index (κ1) is 21.6. The minimum Gasteiger partial charge on any atom is -0.489 e. The van der Waals surface area contributed by atoms with Crippen LogP contribution in [0.25, 0.3) is 11.4 Å². The molecule has 1 fully saturated rings. The third-order valence-electron chi connectivity index (χ3n) is 6.94. The van der Waals surface area contributed by atoms with Crippen LogP contribution in [0.1, 0.15) is 47.8 Å². The summed E-state index contributed by atoms with van der Waals surface area (Å²) in [6, 6.07) is 24.1. The van der Waals surface area contributed by atoms with E-state index in [4.69, 9.17) is 9.26 Å².